The van der Waals surface area contributed by atoms with Crippen LogP contribution in [-0.4, -0.2) is 61.1 Å². The van der Waals surface area contributed by atoms with Gasteiger partial charge < -0.3 is 19.5 Å². The maximum absolute atomic E-state index is 5.55. The Labute approximate surface area is 179 Å². The molecule has 0 bridgehead atoms. The van der Waals surface area contributed by atoms with E-state index in [1.807, 2.05) is 30.5 Å². The summed E-state index contributed by atoms with van der Waals surface area (Å²) in [6.45, 7) is 5.87. The fourth-order valence-electron chi connectivity index (χ4n) is 3.67. The highest BCUT2D eigenvalue weighted by Crippen LogP contribution is 2.39. The van der Waals surface area contributed by atoms with Gasteiger partial charge in [0.05, 0.1) is 23.8 Å². The Morgan fingerprint density at radius 3 is 2.87 bits per heavy atom. The van der Waals surface area contributed by atoms with Crippen LogP contribution in [-0.2, 0) is 4.74 Å². The second-order valence-electron chi connectivity index (χ2n) is 7.24. The van der Waals surface area contributed by atoms with E-state index in [1.165, 1.54) is 0 Å². The lowest BCUT2D eigenvalue weighted by atomic mass is 10.0. The number of aromatic nitrogens is 2. The summed E-state index contributed by atoms with van der Waals surface area (Å²) in [6.07, 6.45) is 2.94. The molecule has 0 amide bonds. The van der Waals surface area contributed by atoms with E-state index in [0.29, 0.717) is 5.95 Å². The Balaban J connectivity index is 1.32. The van der Waals surface area contributed by atoms with Gasteiger partial charge in [0.2, 0.25) is 12.7 Å². The molecular weight excluding hydrogens is 400 g/mol. The van der Waals surface area contributed by atoms with Crippen molar-refractivity contribution in [1.29, 1.82) is 0 Å². The van der Waals surface area contributed by atoms with Gasteiger partial charge in [-0.25, -0.2) is 9.97 Å². The van der Waals surface area contributed by atoms with E-state index in [1.54, 1.807) is 11.3 Å². The summed E-state index contributed by atoms with van der Waals surface area (Å²) in [5.41, 5.74) is 2.92. The summed E-state index contributed by atoms with van der Waals surface area (Å²) in [6, 6.07) is 10.1. The van der Waals surface area contributed by atoms with Crippen LogP contribution in [0.15, 0.2) is 41.9 Å². The molecule has 156 valence electrons. The van der Waals surface area contributed by atoms with Crippen molar-refractivity contribution in [3.8, 4) is 33.2 Å². The number of fused-ring (bicyclic) bond motifs is 1. The Kier molecular flexibility index (Phi) is 5.78. The molecule has 0 spiro atoms. The third-order valence-electron chi connectivity index (χ3n) is 5.26. The first-order chi connectivity index (χ1) is 14.9. The van der Waals surface area contributed by atoms with Crippen LogP contribution >= 0.6 is 11.3 Å². The lowest BCUT2D eigenvalue weighted by Gasteiger charge is -2.26. The van der Waals surface area contributed by atoms with Gasteiger partial charge in [-0.05, 0) is 42.1 Å². The summed E-state index contributed by atoms with van der Waals surface area (Å²) >= 11 is 1.67. The molecule has 0 unspecified atom stereocenters. The number of benzene rings is 1. The van der Waals surface area contributed by atoms with Crippen LogP contribution in [0.1, 0.15) is 6.42 Å². The van der Waals surface area contributed by atoms with Gasteiger partial charge in [0, 0.05) is 31.4 Å². The number of ether oxygens (including phenoxy) is 3. The lowest BCUT2D eigenvalue weighted by Crippen LogP contribution is -2.37. The summed E-state index contributed by atoms with van der Waals surface area (Å²) in [7, 11) is 0. The normalized spacial score (nSPS) is 16.0. The van der Waals surface area contributed by atoms with Crippen LogP contribution in [0.5, 0.6) is 11.5 Å². The number of morpholine rings is 1. The van der Waals surface area contributed by atoms with Crippen LogP contribution in [0.25, 0.3) is 21.7 Å². The molecule has 1 fully saturated rings. The van der Waals surface area contributed by atoms with Crippen LogP contribution in [0.2, 0.25) is 0 Å². The maximum atomic E-state index is 5.55. The SMILES string of the molecule is c1csc(-c2nc(NCCCN3CCOCC3)ncc2-c2ccc3c(c2)OCO3)c1. The minimum atomic E-state index is 0.264. The van der Waals surface area contributed by atoms with E-state index in [0.717, 1.165) is 79.0 Å². The Morgan fingerprint density at radius 2 is 2.00 bits per heavy atom. The van der Waals surface area contributed by atoms with E-state index in [4.69, 9.17) is 19.2 Å². The summed E-state index contributed by atoms with van der Waals surface area (Å²) < 4.78 is 16.4. The zero-order valence-electron chi connectivity index (χ0n) is 16.7. The molecule has 0 aliphatic carbocycles. The molecule has 5 rings (SSSR count). The first-order valence-electron chi connectivity index (χ1n) is 10.2. The third-order valence-corrected chi connectivity index (χ3v) is 6.14. The lowest BCUT2D eigenvalue weighted by molar-refractivity contribution is 0.0378. The highest BCUT2D eigenvalue weighted by atomic mass is 32.1. The zero-order chi connectivity index (χ0) is 20.2. The zero-order valence-corrected chi connectivity index (χ0v) is 17.5. The Bertz CT molecular complexity index is 990. The second-order valence-corrected chi connectivity index (χ2v) is 8.18. The average molecular weight is 425 g/mol. The van der Waals surface area contributed by atoms with Crippen molar-refractivity contribution in [1.82, 2.24) is 14.9 Å². The van der Waals surface area contributed by atoms with Crippen molar-refractivity contribution in [3.05, 3.63) is 41.9 Å². The van der Waals surface area contributed by atoms with Crippen molar-refractivity contribution < 1.29 is 14.2 Å². The van der Waals surface area contributed by atoms with Gasteiger partial charge in [-0.15, -0.1) is 11.3 Å². The molecule has 0 radical (unpaired) electrons. The van der Waals surface area contributed by atoms with Gasteiger partial charge in [0.15, 0.2) is 11.5 Å². The van der Waals surface area contributed by atoms with Crippen LogP contribution in [0.3, 0.4) is 0 Å². The molecule has 0 atom stereocenters. The average Bonchev–Trinajstić information content (AvgIpc) is 3.49. The van der Waals surface area contributed by atoms with E-state index in [9.17, 15) is 0 Å². The maximum Gasteiger partial charge on any atom is 0.231 e. The molecule has 1 N–H and O–H groups in total. The highest BCUT2D eigenvalue weighted by molar-refractivity contribution is 7.13. The number of hydrogen-bond donors (Lipinski definition) is 1. The van der Waals surface area contributed by atoms with E-state index in [-0.39, 0.29) is 6.79 Å². The quantitative estimate of drug-likeness (QED) is 0.580. The summed E-state index contributed by atoms with van der Waals surface area (Å²) in [5, 5.41) is 5.45. The van der Waals surface area contributed by atoms with E-state index >= 15 is 0 Å². The number of hydrogen-bond acceptors (Lipinski definition) is 8. The van der Waals surface area contributed by atoms with Crippen molar-refractivity contribution >= 4 is 17.3 Å². The summed E-state index contributed by atoms with van der Waals surface area (Å²) in [5.74, 6) is 2.19. The number of thiophene rings is 1. The van der Waals surface area contributed by atoms with Gasteiger partial charge in [0.25, 0.3) is 0 Å². The predicted molar refractivity (Wildman–Crippen MR) is 117 cm³/mol. The number of anilines is 1. The van der Waals surface area contributed by atoms with Gasteiger partial charge in [0.1, 0.15) is 0 Å². The number of nitrogens with zero attached hydrogens (tertiary/aromatic N) is 3. The summed E-state index contributed by atoms with van der Waals surface area (Å²) in [4.78, 5) is 13.0. The fourth-order valence-corrected chi connectivity index (χ4v) is 4.40. The Hall–Kier alpha value is -2.68. The first kappa shape index (κ1) is 19.3. The topological polar surface area (TPSA) is 68.7 Å². The fraction of sp³-hybridized carbons (Fsp3) is 0.364. The van der Waals surface area contributed by atoms with Crippen molar-refractivity contribution in [2.24, 2.45) is 0 Å². The molecule has 1 aromatic carbocycles. The van der Waals surface area contributed by atoms with E-state index < -0.39 is 0 Å². The monoisotopic (exact) mass is 424 g/mol. The molecular formula is C22H24N4O3S. The standard InChI is InChI=1S/C22H24N4O3S/c1-3-20(30-12-1)21-17(16-4-5-18-19(13-16)29-15-28-18)14-24-22(25-21)23-6-2-7-26-8-10-27-11-9-26/h1,3-5,12-14H,2,6-11,15H2,(H,23,24,25). The minimum Gasteiger partial charge on any atom is -0.454 e. The highest BCUT2D eigenvalue weighted by Gasteiger charge is 2.18. The molecule has 30 heavy (non-hydrogen) atoms. The molecule has 4 heterocycles. The van der Waals surface area contributed by atoms with Crippen molar-refractivity contribution in [3.63, 3.8) is 0 Å². The minimum absolute atomic E-state index is 0.264. The second kappa shape index (κ2) is 8.99. The largest absolute Gasteiger partial charge is 0.454 e. The molecule has 2 aliphatic heterocycles. The van der Waals surface area contributed by atoms with Crippen molar-refractivity contribution in [2.75, 3.05) is 51.5 Å². The molecule has 2 aromatic heterocycles. The van der Waals surface area contributed by atoms with E-state index in [2.05, 4.69) is 26.6 Å². The van der Waals surface area contributed by atoms with Gasteiger partial charge in [-0.3, -0.25) is 4.90 Å². The Morgan fingerprint density at radius 1 is 1.10 bits per heavy atom. The predicted octanol–water partition coefficient (Wildman–Crippen LogP) is 3.74. The van der Waals surface area contributed by atoms with Crippen LogP contribution in [0.4, 0.5) is 5.95 Å². The molecule has 0 saturated carbocycles. The van der Waals surface area contributed by atoms with Crippen molar-refractivity contribution in [2.45, 2.75) is 6.42 Å². The molecule has 1 saturated heterocycles. The third kappa shape index (κ3) is 4.26. The molecule has 2 aliphatic rings. The first-order valence-corrected chi connectivity index (χ1v) is 11.1. The number of nitrogens with one attached hydrogen (secondary N) is 1. The van der Waals surface area contributed by atoms with Crippen LogP contribution in [0, 0.1) is 0 Å². The van der Waals surface area contributed by atoms with Gasteiger partial charge in [-0.1, -0.05) is 12.1 Å². The molecule has 8 heteroatoms. The number of rotatable bonds is 7. The molecule has 7 nitrogen and oxygen atoms in total. The van der Waals surface area contributed by atoms with Gasteiger partial charge in [-0.2, -0.15) is 0 Å². The smallest absolute Gasteiger partial charge is 0.231 e. The van der Waals surface area contributed by atoms with Gasteiger partial charge >= 0.3 is 0 Å². The molecule has 3 aromatic rings. The van der Waals surface area contributed by atoms with Crippen LogP contribution < -0.4 is 14.8 Å².